The predicted octanol–water partition coefficient (Wildman–Crippen LogP) is 2.64. The van der Waals surface area contributed by atoms with Crippen LogP contribution >= 0.6 is 0 Å². The van der Waals surface area contributed by atoms with E-state index in [1.54, 1.807) is 18.6 Å². The molecule has 27 heavy (non-hydrogen) atoms. The summed E-state index contributed by atoms with van der Waals surface area (Å²) in [5.41, 5.74) is 3.78. The fraction of sp³-hybridized carbons (Fsp3) is 0.222. The van der Waals surface area contributed by atoms with Crippen LogP contribution < -0.4 is 5.32 Å². The van der Waals surface area contributed by atoms with Crippen molar-refractivity contribution in [2.45, 2.75) is 26.8 Å². The van der Waals surface area contributed by atoms with Crippen molar-refractivity contribution >= 4 is 5.95 Å². The fourth-order valence-electron chi connectivity index (χ4n) is 2.78. The lowest BCUT2D eigenvalue weighted by molar-refractivity contribution is 0.874. The van der Waals surface area contributed by atoms with Gasteiger partial charge < -0.3 is 5.32 Å². The molecular weight excluding hydrogens is 342 g/mol. The molecule has 0 fully saturated rings. The van der Waals surface area contributed by atoms with Crippen LogP contribution in [-0.4, -0.2) is 46.2 Å². The van der Waals surface area contributed by atoms with Crippen LogP contribution in [0.1, 0.15) is 19.4 Å². The topological polar surface area (TPSA) is 110 Å². The molecule has 0 saturated carbocycles. The highest BCUT2D eigenvalue weighted by Gasteiger charge is 2.13. The molecule has 0 atom stereocenters. The number of benzene rings is 1. The molecule has 9 heteroatoms. The Morgan fingerprint density at radius 3 is 2.59 bits per heavy atom. The molecule has 2 N–H and O–H groups in total. The van der Waals surface area contributed by atoms with Gasteiger partial charge in [-0.15, -0.1) is 10.2 Å². The number of nitrogens with one attached hydrogen (secondary N) is 2. The molecule has 0 aliphatic carbocycles. The van der Waals surface area contributed by atoms with Gasteiger partial charge >= 0.3 is 0 Å². The van der Waals surface area contributed by atoms with Gasteiger partial charge in [0.05, 0.1) is 11.3 Å². The van der Waals surface area contributed by atoms with Gasteiger partial charge in [-0.25, -0.2) is 15.0 Å². The van der Waals surface area contributed by atoms with E-state index in [1.807, 2.05) is 49.7 Å². The number of hydrogen-bond donors (Lipinski definition) is 2. The molecule has 0 aliphatic rings. The fourth-order valence-corrected chi connectivity index (χ4v) is 2.78. The number of H-pyrrole nitrogens is 1. The Morgan fingerprint density at radius 2 is 1.89 bits per heavy atom. The van der Waals surface area contributed by atoms with Gasteiger partial charge in [-0.2, -0.15) is 5.21 Å². The molecule has 0 radical (unpaired) electrons. The average Bonchev–Trinajstić information content (AvgIpc) is 3.34. The SMILES string of the molecule is Cc1ccc(-c2nn[nH]n2)cc1-n1ccnc1-c1cnc(NC(C)C)nc1. The summed E-state index contributed by atoms with van der Waals surface area (Å²) in [6.07, 6.45) is 7.22. The van der Waals surface area contributed by atoms with E-state index in [2.05, 4.69) is 40.9 Å². The Labute approximate surface area is 155 Å². The van der Waals surface area contributed by atoms with Gasteiger partial charge in [0.15, 0.2) is 0 Å². The minimum atomic E-state index is 0.272. The van der Waals surface area contributed by atoms with Crippen molar-refractivity contribution in [2.24, 2.45) is 0 Å². The second-order valence-corrected chi connectivity index (χ2v) is 6.45. The second kappa shape index (κ2) is 6.94. The molecule has 3 heterocycles. The smallest absolute Gasteiger partial charge is 0.222 e. The van der Waals surface area contributed by atoms with Crippen molar-refractivity contribution in [2.75, 3.05) is 5.32 Å². The van der Waals surface area contributed by atoms with E-state index in [9.17, 15) is 0 Å². The first-order valence-electron chi connectivity index (χ1n) is 8.59. The zero-order valence-corrected chi connectivity index (χ0v) is 15.2. The van der Waals surface area contributed by atoms with Crippen molar-refractivity contribution in [3.05, 3.63) is 48.5 Å². The third kappa shape index (κ3) is 3.39. The van der Waals surface area contributed by atoms with E-state index in [1.165, 1.54) is 0 Å². The number of aryl methyl sites for hydroxylation is 1. The lowest BCUT2D eigenvalue weighted by Crippen LogP contribution is -2.12. The summed E-state index contributed by atoms with van der Waals surface area (Å²) in [4.78, 5) is 13.3. The van der Waals surface area contributed by atoms with Crippen LogP contribution in [0.2, 0.25) is 0 Å². The molecule has 0 aliphatic heterocycles. The Kier molecular flexibility index (Phi) is 4.33. The maximum Gasteiger partial charge on any atom is 0.222 e. The lowest BCUT2D eigenvalue weighted by Gasteiger charge is -2.12. The molecule has 0 bridgehead atoms. The van der Waals surface area contributed by atoms with E-state index in [0.717, 1.165) is 28.2 Å². The summed E-state index contributed by atoms with van der Waals surface area (Å²) in [5.74, 6) is 1.91. The molecule has 3 aromatic heterocycles. The number of hydrogen-bond acceptors (Lipinski definition) is 7. The van der Waals surface area contributed by atoms with Crippen LogP contribution in [0.25, 0.3) is 28.5 Å². The Morgan fingerprint density at radius 1 is 1.07 bits per heavy atom. The lowest BCUT2D eigenvalue weighted by atomic mass is 10.1. The first-order chi connectivity index (χ1) is 13.1. The van der Waals surface area contributed by atoms with Gasteiger partial charge in [0.2, 0.25) is 11.8 Å². The summed E-state index contributed by atoms with van der Waals surface area (Å²) in [6, 6.07) is 6.28. The normalized spacial score (nSPS) is 11.1. The van der Waals surface area contributed by atoms with Crippen LogP contribution in [0, 0.1) is 6.92 Å². The number of aromatic nitrogens is 8. The Bertz CT molecular complexity index is 1030. The van der Waals surface area contributed by atoms with E-state index in [4.69, 9.17) is 0 Å². The molecule has 9 nitrogen and oxygen atoms in total. The van der Waals surface area contributed by atoms with Crippen LogP contribution in [0.4, 0.5) is 5.95 Å². The minimum Gasteiger partial charge on any atom is -0.352 e. The van der Waals surface area contributed by atoms with Crippen LogP contribution in [0.15, 0.2) is 43.0 Å². The molecule has 0 spiro atoms. The first-order valence-corrected chi connectivity index (χ1v) is 8.59. The second-order valence-electron chi connectivity index (χ2n) is 6.45. The van der Waals surface area contributed by atoms with E-state index in [0.29, 0.717) is 11.8 Å². The summed E-state index contributed by atoms with van der Waals surface area (Å²) < 4.78 is 2.01. The van der Waals surface area contributed by atoms with Gasteiger partial charge in [0, 0.05) is 36.4 Å². The molecule has 1 aromatic carbocycles. The highest BCUT2D eigenvalue weighted by molar-refractivity contribution is 5.64. The monoisotopic (exact) mass is 361 g/mol. The molecular formula is C18H19N9. The molecule has 0 amide bonds. The van der Waals surface area contributed by atoms with Crippen molar-refractivity contribution in [1.82, 2.24) is 40.1 Å². The van der Waals surface area contributed by atoms with Gasteiger partial charge in [0.1, 0.15) is 5.82 Å². The zero-order valence-electron chi connectivity index (χ0n) is 15.2. The Hall–Kier alpha value is -3.62. The first kappa shape index (κ1) is 16.8. The third-order valence-electron chi connectivity index (χ3n) is 4.04. The number of imidazole rings is 1. The van der Waals surface area contributed by atoms with Gasteiger partial charge in [-0.3, -0.25) is 4.57 Å². The molecule has 0 unspecified atom stereocenters. The summed E-state index contributed by atoms with van der Waals surface area (Å²) in [7, 11) is 0. The predicted molar refractivity (Wildman–Crippen MR) is 101 cm³/mol. The molecule has 4 aromatic rings. The van der Waals surface area contributed by atoms with Gasteiger partial charge in [0.25, 0.3) is 0 Å². The van der Waals surface area contributed by atoms with Crippen molar-refractivity contribution in [1.29, 1.82) is 0 Å². The summed E-state index contributed by atoms with van der Waals surface area (Å²) in [5, 5.41) is 17.4. The van der Waals surface area contributed by atoms with E-state index in [-0.39, 0.29) is 6.04 Å². The standard InChI is InChI=1S/C18H19N9/c1-11(2)22-18-20-9-14(10-21-18)17-19-6-7-27(17)15-8-13(5-4-12(15)3)16-23-25-26-24-16/h4-11H,1-3H3,(H,20,21,22)(H,23,24,25,26). The summed E-state index contributed by atoms with van der Waals surface area (Å²) in [6.45, 7) is 6.14. The van der Waals surface area contributed by atoms with E-state index >= 15 is 0 Å². The van der Waals surface area contributed by atoms with Crippen molar-refractivity contribution < 1.29 is 0 Å². The number of aromatic amines is 1. The maximum absolute atomic E-state index is 4.50. The maximum atomic E-state index is 4.50. The largest absolute Gasteiger partial charge is 0.352 e. The van der Waals surface area contributed by atoms with Crippen molar-refractivity contribution in [3.63, 3.8) is 0 Å². The highest BCUT2D eigenvalue weighted by atomic mass is 15.5. The number of anilines is 1. The van der Waals surface area contributed by atoms with Crippen LogP contribution in [0.3, 0.4) is 0 Å². The molecule has 0 saturated heterocycles. The highest BCUT2D eigenvalue weighted by Crippen LogP contribution is 2.26. The van der Waals surface area contributed by atoms with Gasteiger partial charge in [-0.05, 0) is 37.6 Å². The zero-order chi connectivity index (χ0) is 18.8. The van der Waals surface area contributed by atoms with Gasteiger partial charge in [-0.1, -0.05) is 12.1 Å². The summed E-state index contributed by atoms with van der Waals surface area (Å²) >= 11 is 0. The third-order valence-corrected chi connectivity index (χ3v) is 4.04. The number of tetrazole rings is 1. The average molecular weight is 361 g/mol. The minimum absolute atomic E-state index is 0.272. The van der Waals surface area contributed by atoms with E-state index < -0.39 is 0 Å². The number of rotatable bonds is 5. The Balaban J connectivity index is 1.73. The van der Waals surface area contributed by atoms with Crippen LogP contribution in [0.5, 0.6) is 0 Å². The number of nitrogens with zero attached hydrogens (tertiary/aromatic N) is 7. The quantitative estimate of drug-likeness (QED) is 0.562. The van der Waals surface area contributed by atoms with Crippen LogP contribution in [-0.2, 0) is 0 Å². The van der Waals surface area contributed by atoms with Crippen molar-refractivity contribution in [3.8, 4) is 28.5 Å². The molecule has 136 valence electrons. The molecule has 4 rings (SSSR count).